The predicted molar refractivity (Wildman–Crippen MR) is 80.2 cm³/mol. The minimum atomic E-state index is -0.922. The summed E-state index contributed by atoms with van der Waals surface area (Å²) in [5.74, 6) is 0.885. The first-order valence-corrected chi connectivity index (χ1v) is 7.46. The van der Waals surface area contributed by atoms with Crippen LogP contribution in [0.2, 0.25) is 0 Å². The van der Waals surface area contributed by atoms with Crippen molar-refractivity contribution in [3.05, 3.63) is 57.8 Å². The molecule has 5 heteroatoms. The van der Waals surface area contributed by atoms with Crippen molar-refractivity contribution in [3.8, 4) is 11.5 Å². The van der Waals surface area contributed by atoms with Crippen LogP contribution >= 0.6 is 15.9 Å². The molecule has 0 spiro atoms. The minimum Gasteiger partial charge on any atom is -0.490 e. The number of aliphatic hydroxyl groups excluding tert-OH is 1. The fourth-order valence-corrected chi connectivity index (χ4v) is 2.76. The van der Waals surface area contributed by atoms with Gasteiger partial charge in [0.25, 0.3) is 0 Å². The van der Waals surface area contributed by atoms with Crippen LogP contribution in [0.15, 0.2) is 40.9 Å². The molecule has 3 nitrogen and oxygen atoms in total. The summed E-state index contributed by atoms with van der Waals surface area (Å²) in [4.78, 5) is 0. The van der Waals surface area contributed by atoms with E-state index >= 15 is 0 Å². The molecule has 1 aliphatic heterocycles. The van der Waals surface area contributed by atoms with Crippen molar-refractivity contribution < 1.29 is 19.0 Å². The Morgan fingerprint density at radius 2 is 1.76 bits per heavy atom. The van der Waals surface area contributed by atoms with Crippen LogP contribution in [0, 0.1) is 5.82 Å². The maximum atomic E-state index is 13.4. The van der Waals surface area contributed by atoms with Crippen molar-refractivity contribution in [2.24, 2.45) is 0 Å². The molecule has 3 rings (SSSR count). The van der Waals surface area contributed by atoms with Crippen LogP contribution in [0.1, 0.15) is 23.7 Å². The van der Waals surface area contributed by atoms with E-state index in [-0.39, 0.29) is 0 Å². The van der Waals surface area contributed by atoms with E-state index in [2.05, 4.69) is 15.9 Å². The zero-order valence-corrected chi connectivity index (χ0v) is 12.8. The molecular weight excluding hydrogens is 339 g/mol. The summed E-state index contributed by atoms with van der Waals surface area (Å²) in [6, 6.07) is 9.63. The van der Waals surface area contributed by atoms with Crippen LogP contribution in [0.3, 0.4) is 0 Å². The van der Waals surface area contributed by atoms with Gasteiger partial charge >= 0.3 is 0 Å². The molecule has 1 atom stereocenters. The van der Waals surface area contributed by atoms with Gasteiger partial charge in [-0.3, -0.25) is 0 Å². The molecule has 1 unspecified atom stereocenters. The topological polar surface area (TPSA) is 38.7 Å². The second-order valence-electron chi connectivity index (χ2n) is 4.86. The quantitative estimate of drug-likeness (QED) is 0.892. The van der Waals surface area contributed by atoms with E-state index in [0.29, 0.717) is 40.3 Å². The number of benzene rings is 2. The van der Waals surface area contributed by atoms with Crippen molar-refractivity contribution in [1.82, 2.24) is 0 Å². The smallest absolute Gasteiger partial charge is 0.161 e. The third-order valence-corrected chi connectivity index (χ3v) is 3.75. The Bertz CT molecular complexity index is 640. The van der Waals surface area contributed by atoms with E-state index in [9.17, 15) is 9.50 Å². The average molecular weight is 353 g/mol. The first-order chi connectivity index (χ1) is 10.1. The van der Waals surface area contributed by atoms with Gasteiger partial charge in [0.1, 0.15) is 11.9 Å². The van der Waals surface area contributed by atoms with Gasteiger partial charge in [0.15, 0.2) is 11.5 Å². The molecule has 0 fully saturated rings. The van der Waals surface area contributed by atoms with Crippen LogP contribution in [-0.4, -0.2) is 18.3 Å². The highest BCUT2D eigenvalue weighted by Gasteiger charge is 2.17. The van der Waals surface area contributed by atoms with Gasteiger partial charge in [0.05, 0.1) is 13.2 Å². The van der Waals surface area contributed by atoms with E-state index in [0.717, 1.165) is 6.42 Å². The Hall–Kier alpha value is -1.59. The summed E-state index contributed by atoms with van der Waals surface area (Å²) >= 11 is 3.23. The number of aliphatic hydroxyl groups is 1. The zero-order chi connectivity index (χ0) is 14.8. The minimum absolute atomic E-state index is 0.396. The molecule has 0 aliphatic carbocycles. The molecule has 0 bridgehead atoms. The lowest BCUT2D eigenvalue weighted by Crippen LogP contribution is -2.02. The van der Waals surface area contributed by atoms with Crippen LogP contribution in [0.4, 0.5) is 4.39 Å². The number of hydrogen-bond acceptors (Lipinski definition) is 3. The molecule has 0 radical (unpaired) electrons. The lowest BCUT2D eigenvalue weighted by Gasteiger charge is -2.15. The number of hydrogen-bond donors (Lipinski definition) is 1. The monoisotopic (exact) mass is 352 g/mol. The largest absolute Gasteiger partial charge is 0.490 e. The number of halogens is 2. The molecule has 0 aromatic heterocycles. The van der Waals surface area contributed by atoms with Crippen LogP contribution in [0.25, 0.3) is 0 Å². The van der Waals surface area contributed by atoms with Gasteiger partial charge in [-0.1, -0.05) is 22.0 Å². The van der Waals surface area contributed by atoms with E-state index in [1.807, 2.05) is 0 Å². The third-order valence-electron chi connectivity index (χ3n) is 3.29. The van der Waals surface area contributed by atoms with Gasteiger partial charge < -0.3 is 14.6 Å². The number of ether oxygens (including phenoxy) is 2. The van der Waals surface area contributed by atoms with Crippen molar-refractivity contribution in [3.63, 3.8) is 0 Å². The molecule has 1 aliphatic rings. The van der Waals surface area contributed by atoms with Crippen molar-refractivity contribution in [1.29, 1.82) is 0 Å². The number of fused-ring (bicyclic) bond motifs is 1. The summed E-state index contributed by atoms with van der Waals surface area (Å²) in [6.45, 7) is 1.20. The fourth-order valence-electron chi connectivity index (χ4n) is 2.28. The molecule has 1 N–H and O–H groups in total. The summed E-state index contributed by atoms with van der Waals surface area (Å²) in [7, 11) is 0. The molecule has 2 aromatic rings. The molecule has 0 saturated carbocycles. The lowest BCUT2D eigenvalue weighted by molar-refractivity contribution is 0.218. The molecule has 1 heterocycles. The van der Waals surface area contributed by atoms with Crippen molar-refractivity contribution in [2.45, 2.75) is 12.5 Å². The molecular formula is C16H14BrFO3. The van der Waals surface area contributed by atoms with Gasteiger partial charge in [-0.2, -0.15) is 0 Å². The van der Waals surface area contributed by atoms with E-state index in [4.69, 9.17) is 9.47 Å². The summed E-state index contributed by atoms with van der Waals surface area (Å²) < 4.78 is 25.2. The van der Waals surface area contributed by atoms with E-state index in [1.54, 1.807) is 24.3 Å². The maximum absolute atomic E-state index is 13.4. The Balaban J connectivity index is 1.94. The fraction of sp³-hybridized carbons (Fsp3) is 0.250. The normalized spacial score (nSPS) is 15.4. The van der Waals surface area contributed by atoms with Gasteiger partial charge in [-0.15, -0.1) is 0 Å². The zero-order valence-electron chi connectivity index (χ0n) is 11.2. The van der Waals surface area contributed by atoms with Crippen molar-refractivity contribution >= 4 is 15.9 Å². The van der Waals surface area contributed by atoms with Crippen molar-refractivity contribution in [2.75, 3.05) is 13.2 Å². The van der Waals surface area contributed by atoms with Gasteiger partial charge in [0, 0.05) is 10.9 Å². The molecule has 21 heavy (non-hydrogen) atoms. The second kappa shape index (κ2) is 6.03. The molecule has 110 valence electrons. The Morgan fingerprint density at radius 1 is 1.00 bits per heavy atom. The standard InChI is InChI=1S/C16H14BrFO3/c17-12-6-11(7-13(18)9-12)16(19)10-2-3-14-15(8-10)21-5-1-4-20-14/h2-3,6-9,16,19H,1,4-5H2. The SMILES string of the molecule is OC(c1cc(F)cc(Br)c1)c1ccc2c(c1)OCCCO2. The Morgan fingerprint density at radius 3 is 2.52 bits per heavy atom. The molecule has 0 saturated heterocycles. The van der Waals surface area contributed by atoms with Gasteiger partial charge in [-0.25, -0.2) is 4.39 Å². The first kappa shape index (κ1) is 14.4. The Kier molecular flexibility index (Phi) is 4.12. The summed E-state index contributed by atoms with van der Waals surface area (Å²) in [6.07, 6.45) is -0.0993. The first-order valence-electron chi connectivity index (χ1n) is 6.67. The van der Waals surface area contributed by atoms with Crippen LogP contribution in [0.5, 0.6) is 11.5 Å². The highest BCUT2D eigenvalue weighted by Crippen LogP contribution is 2.34. The highest BCUT2D eigenvalue weighted by molar-refractivity contribution is 9.10. The third kappa shape index (κ3) is 3.19. The van der Waals surface area contributed by atoms with Gasteiger partial charge in [0.2, 0.25) is 0 Å². The average Bonchev–Trinajstić information content (AvgIpc) is 2.69. The van der Waals surface area contributed by atoms with Crippen LogP contribution in [-0.2, 0) is 0 Å². The molecule has 0 amide bonds. The van der Waals surface area contributed by atoms with Gasteiger partial charge in [-0.05, 0) is 41.5 Å². The highest BCUT2D eigenvalue weighted by atomic mass is 79.9. The van der Waals surface area contributed by atoms with E-state index in [1.165, 1.54) is 12.1 Å². The van der Waals surface area contributed by atoms with E-state index < -0.39 is 11.9 Å². The lowest BCUT2D eigenvalue weighted by atomic mass is 10.0. The second-order valence-corrected chi connectivity index (χ2v) is 5.78. The maximum Gasteiger partial charge on any atom is 0.161 e. The summed E-state index contributed by atoms with van der Waals surface area (Å²) in [5, 5.41) is 10.4. The molecule has 2 aromatic carbocycles. The number of rotatable bonds is 2. The Labute approximate surface area is 130 Å². The summed E-state index contributed by atoms with van der Waals surface area (Å²) in [5.41, 5.74) is 1.12. The predicted octanol–water partition coefficient (Wildman–Crippen LogP) is 3.83. The van der Waals surface area contributed by atoms with Crippen LogP contribution < -0.4 is 9.47 Å².